The Bertz CT molecular complexity index is 284. The van der Waals surface area contributed by atoms with E-state index >= 15 is 0 Å². The Morgan fingerprint density at radius 3 is 2.68 bits per heavy atom. The number of piperidine rings is 1. The molecule has 1 aliphatic rings. The van der Waals surface area contributed by atoms with Gasteiger partial charge in [-0.3, -0.25) is 4.90 Å². The summed E-state index contributed by atoms with van der Waals surface area (Å²) < 4.78 is 4.67. The van der Waals surface area contributed by atoms with Crippen molar-refractivity contribution in [1.82, 2.24) is 10.2 Å². The fourth-order valence-electron chi connectivity index (χ4n) is 2.71. The minimum atomic E-state index is -0.370. The van der Waals surface area contributed by atoms with Crippen molar-refractivity contribution in [2.75, 3.05) is 20.2 Å². The van der Waals surface area contributed by atoms with E-state index in [4.69, 9.17) is 0 Å². The summed E-state index contributed by atoms with van der Waals surface area (Å²) in [5, 5.41) is 12.7. The van der Waals surface area contributed by atoms with E-state index in [9.17, 15) is 9.90 Å². The van der Waals surface area contributed by atoms with E-state index in [-0.39, 0.29) is 18.2 Å². The molecule has 3 unspecified atom stereocenters. The number of amides is 1. The number of nitrogens with one attached hydrogen (secondary N) is 1. The van der Waals surface area contributed by atoms with Crippen LogP contribution >= 0.6 is 0 Å². The van der Waals surface area contributed by atoms with Crippen LogP contribution in [0.15, 0.2) is 0 Å². The third kappa shape index (κ3) is 5.37. The van der Waals surface area contributed by atoms with E-state index < -0.39 is 0 Å². The zero-order valence-electron chi connectivity index (χ0n) is 12.6. The number of nitrogens with zero attached hydrogens (tertiary/aromatic N) is 1. The monoisotopic (exact) mass is 272 g/mol. The molecule has 2 N–H and O–H groups in total. The van der Waals surface area contributed by atoms with Crippen LogP contribution in [0.1, 0.15) is 40.0 Å². The number of hydrogen-bond acceptors (Lipinski definition) is 4. The van der Waals surface area contributed by atoms with Gasteiger partial charge in [0, 0.05) is 25.2 Å². The lowest BCUT2D eigenvalue weighted by Crippen LogP contribution is -2.53. The molecular formula is C14H28N2O3. The average molecular weight is 272 g/mol. The summed E-state index contributed by atoms with van der Waals surface area (Å²) in [5.41, 5.74) is 0. The first kappa shape index (κ1) is 16.2. The fraction of sp³-hybridized carbons (Fsp3) is 0.929. The number of methoxy groups -OCH3 is 1. The maximum atomic E-state index is 11.3. The topological polar surface area (TPSA) is 61.8 Å². The van der Waals surface area contributed by atoms with E-state index in [1.807, 2.05) is 6.92 Å². The number of rotatable bonds is 5. The van der Waals surface area contributed by atoms with Crippen molar-refractivity contribution in [1.29, 1.82) is 0 Å². The standard InChI is InChI=1S/C14H28N2O3/c1-5-13(17)7-11-6-12(15-14(18)19-4)9-16(8-11)10(2)3/h10-13,17H,5-9H2,1-4H3,(H,15,18). The quantitative estimate of drug-likeness (QED) is 0.798. The maximum Gasteiger partial charge on any atom is 0.407 e. The number of hydrogen-bond donors (Lipinski definition) is 2. The summed E-state index contributed by atoms with van der Waals surface area (Å²) in [6, 6.07) is 0.557. The van der Waals surface area contributed by atoms with Crippen molar-refractivity contribution < 1.29 is 14.6 Å². The van der Waals surface area contributed by atoms with Gasteiger partial charge in [0.25, 0.3) is 0 Å². The van der Waals surface area contributed by atoms with Gasteiger partial charge < -0.3 is 15.2 Å². The lowest BCUT2D eigenvalue weighted by atomic mass is 9.88. The largest absolute Gasteiger partial charge is 0.453 e. The molecule has 0 aromatic heterocycles. The highest BCUT2D eigenvalue weighted by Crippen LogP contribution is 2.23. The Balaban J connectivity index is 2.59. The van der Waals surface area contributed by atoms with Gasteiger partial charge in [-0.05, 0) is 39.0 Å². The van der Waals surface area contributed by atoms with Gasteiger partial charge in [-0.1, -0.05) is 6.92 Å². The minimum absolute atomic E-state index is 0.109. The van der Waals surface area contributed by atoms with Gasteiger partial charge >= 0.3 is 6.09 Å². The summed E-state index contributed by atoms with van der Waals surface area (Å²) in [6.45, 7) is 8.17. The predicted molar refractivity (Wildman–Crippen MR) is 75.1 cm³/mol. The Hall–Kier alpha value is -0.810. The highest BCUT2D eigenvalue weighted by atomic mass is 16.5. The van der Waals surface area contributed by atoms with Crippen molar-refractivity contribution in [3.8, 4) is 0 Å². The molecular weight excluding hydrogens is 244 g/mol. The summed E-state index contributed by atoms with van der Waals surface area (Å²) >= 11 is 0. The molecule has 19 heavy (non-hydrogen) atoms. The molecule has 0 aromatic rings. The number of aliphatic hydroxyl groups excluding tert-OH is 1. The summed E-state index contributed by atoms with van der Waals surface area (Å²) in [7, 11) is 1.39. The van der Waals surface area contributed by atoms with Gasteiger partial charge in [0.05, 0.1) is 13.2 Å². The Morgan fingerprint density at radius 2 is 2.16 bits per heavy atom. The number of likely N-dealkylation sites (tertiary alicyclic amines) is 1. The molecule has 1 aliphatic heterocycles. The first-order chi connectivity index (χ1) is 8.96. The van der Waals surface area contributed by atoms with Gasteiger partial charge in [-0.15, -0.1) is 0 Å². The van der Waals surface area contributed by atoms with Crippen molar-refractivity contribution in [3.63, 3.8) is 0 Å². The first-order valence-corrected chi connectivity index (χ1v) is 7.22. The van der Waals surface area contributed by atoms with E-state index in [1.54, 1.807) is 0 Å². The normalized spacial score (nSPS) is 26.2. The molecule has 0 bridgehead atoms. The van der Waals surface area contributed by atoms with Crippen LogP contribution in [0, 0.1) is 5.92 Å². The van der Waals surface area contributed by atoms with E-state index in [2.05, 4.69) is 28.8 Å². The third-order valence-corrected chi connectivity index (χ3v) is 3.88. The van der Waals surface area contributed by atoms with Crippen LogP contribution in [-0.4, -0.2) is 54.5 Å². The van der Waals surface area contributed by atoms with Gasteiger partial charge in [0.2, 0.25) is 0 Å². The molecule has 112 valence electrons. The second kappa shape index (κ2) is 7.70. The molecule has 0 aromatic carbocycles. The van der Waals surface area contributed by atoms with Gasteiger partial charge in [-0.25, -0.2) is 4.79 Å². The van der Waals surface area contributed by atoms with E-state index in [1.165, 1.54) is 7.11 Å². The zero-order valence-corrected chi connectivity index (χ0v) is 12.6. The van der Waals surface area contributed by atoms with E-state index in [0.717, 1.165) is 32.4 Å². The number of carbonyl (C=O) groups is 1. The van der Waals surface area contributed by atoms with Gasteiger partial charge in [0.15, 0.2) is 0 Å². The fourth-order valence-corrected chi connectivity index (χ4v) is 2.71. The molecule has 1 fully saturated rings. The zero-order chi connectivity index (χ0) is 14.4. The molecule has 3 atom stereocenters. The third-order valence-electron chi connectivity index (χ3n) is 3.88. The Morgan fingerprint density at radius 1 is 1.47 bits per heavy atom. The number of aliphatic hydroxyl groups is 1. The second-order valence-electron chi connectivity index (χ2n) is 5.78. The molecule has 5 nitrogen and oxygen atoms in total. The van der Waals surface area contributed by atoms with Crippen LogP contribution < -0.4 is 5.32 Å². The summed E-state index contributed by atoms with van der Waals surface area (Å²) in [4.78, 5) is 13.7. The van der Waals surface area contributed by atoms with Crippen LogP contribution in [-0.2, 0) is 4.74 Å². The highest BCUT2D eigenvalue weighted by Gasteiger charge is 2.30. The van der Waals surface area contributed by atoms with Crippen LogP contribution in [0.5, 0.6) is 0 Å². The van der Waals surface area contributed by atoms with E-state index in [0.29, 0.717) is 12.0 Å². The lowest BCUT2D eigenvalue weighted by molar-refractivity contribution is 0.0678. The lowest BCUT2D eigenvalue weighted by Gasteiger charge is -2.40. The number of ether oxygens (including phenoxy) is 1. The molecule has 0 spiro atoms. The molecule has 1 heterocycles. The van der Waals surface area contributed by atoms with Crippen molar-refractivity contribution >= 4 is 6.09 Å². The van der Waals surface area contributed by atoms with Crippen molar-refractivity contribution in [3.05, 3.63) is 0 Å². The Kier molecular flexibility index (Phi) is 6.58. The molecule has 1 rings (SSSR count). The smallest absolute Gasteiger partial charge is 0.407 e. The highest BCUT2D eigenvalue weighted by molar-refractivity contribution is 5.67. The minimum Gasteiger partial charge on any atom is -0.453 e. The van der Waals surface area contributed by atoms with Crippen LogP contribution in [0.25, 0.3) is 0 Å². The molecule has 1 saturated heterocycles. The SMILES string of the molecule is CCC(O)CC1CC(NC(=O)OC)CN(C(C)C)C1. The summed E-state index contributed by atoms with van der Waals surface area (Å²) in [5.74, 6) is 0.424. The average Bonchev–Trinajstić information content (AvgIpc) is 2.37. The van der Waals surface area contributed by atoms with Gasteiger partial charge in [-0.2, -0.15) is 0 Å². The number of carbonyl (C=O) groups excluding carboxylic acids is 1. The van der Waals surface area contributed by atoms with Gasteiger partial charge in [0.1, 0.15) is 0 Å². The second-order valence-corrected chi connectivity index (χ2v) is 5.78. The molecule has 1 amide bonds. The predicted octanol–water partition coefficient (Wildman–Crippen LogP) is 1.60. The Labute approximate surface area is 116 Å². The van der Waals surface area contributed by atoms with Crippen LogP contribution in [0.2, 0.25) is 0 Å². The summed E-state index contributed by atoms with van der Waals surface area (Å²) in [6.07, 6.45) is 1.89. The molecule has 0 aliphatic carbocycles. The molecule has 5 heteroatoms. The number of alkyl carbamates (subject to hydrolysis) is 1. The molecule has 0 saturated carbocycles. The van der Waals surface area contributed by atoms with Crippen molar-refractivity contribution in [2.24, 2.45) is 5.92 Å². The maximum absolute atomic E-state index is 11.3. The van der Waals surface area contributed by atoms with Crippen molar-refractivity contribution in [2.45, 2.75) is 58.2 Å². The first-order valence-electron chi connectivity index (χ1n) is 7.22. The van der Waals surface area contributed by atoms with Crippen LogP contribution in [0.4, 0.5) is 4.79 Å². The molecule has 0 radical (unpaired) electrons. The van der Waals surface area contributed by atoms with Crippen LogP contribution in [0.3, 0.4) is 0 Å².